The average molecular weight is 573 g/mol. The first kappa shape index (κ1) is 26.1. The van der Waals surface area contributed by atoms with Crippen molar-refractivity contribution < 1.29 is 0 Å². The lowest BCUT2D eigenvalue weighted by atomic mass is 9.85. The normalized spacial score (nSPS) is 14.0. The molecule has 2 nitrogen and oxygen atoms in total. The van der Waals surface area contributed by atoms with E-state index in [1.54, 1.807) is 0 Å². The maximum absolute atomic E-state index is 2.57. The molecule has 0 saturated carbocycles. The van der Waals surface area contributed by atoms with Crippen LogP contribution in [0.2, 0.25) is 0 Å². The van der Waals surface area contributed by atoms with Crippen LogP contribution in [0.15, 0.2) is 78.9 Å². The Bertz CT molecular complexity index is 2640. The highest BCUT2D eigenvalue weighted by atomic mass is 14.9. The molecule has 0 atom stereocenters. The summed E-state index contributed by atoms with van der Waals surface area (Å²) in [5.74, 6) is 0. The van der Waals surface area contributed by atoms with Crippen LogP contribution in [0.1, 0.15) is 79.0 Å². The van der Waals surface area contributed by atoms with E-state index >= 15 is 0 Å². The maximum Gasteiger partial charge on any atom is 0.0628 e. The Morgan fingerprint density at radius 3 is 1.36 bits per heavy atom. The van der Waals surface area contributed by atoms with Crippen LogP contribution < -0.4 is 0 Å². The Kier molecular flexibility index (Phi) is 4.66. The highest BCUT2D eigenvalue weighted by Gasteiger charge is 2.27. The summed E-state index contributed by atoms with van der Waals surface area (Å²) in [4.78, 5) is 0. The molecule has 4 aromatic heterocycles. The minimum Gasteiger partial charge on any atom is -0.308 e. The average Bonchev–Trinajstić information content (AvgIpc) is 3.67. The van der Waals surface area contributed by atoms with E-state index < -0.39 is 0 Å². The molecule has 0 saturated heterocycles. The molecule has 0 unspecified atom stereocenters. The van der Waals surface area contributed by atoms with E-state index in [0.717, 1.165) is 0 Å². The number of fused-ring (bicyclic) bond motifs is 13. The largest absolute Gasteiger partial charge is 0.308 e. The zero-order valence-corrected chi connectivity index (χ0v) is 27.4. The highest BCUT2D eigenvalue weighted by Crippen LogP contribution is 2.49. The number of benzene rings is 5. The molecule has 0 aliphatic carbocycles. The first-order chi connectivity index (χ1) is 20.7. The zero-order chi connectivity index (χ0) is 30.7. The van der Waals surface area contributed by atoms with Gasteiger partial charge in [-0.3, -0.25) is 0 Å². The molecular formula is C42H40N2. The predicted molar refractivity (Wildman–Crippen MR) is 192 cm³/mol. The number of para-hydroxylation sites is 1. The van der Waals surface area contributed by atoms with Crippen LogP contribution >= 0.6 is 0 Å². The monoisotopic (exact) mass is 572 g/mol. The molecule has 4 heterocycles. The topological polar surface area (TPSA) is 8.82 Å². The van der Waals surface area contributed by atoms with Gasteiger partial charge in [0.2, 0.25) is 0 Å². The highest BCUT2D eigenvalue weighted by molar-refractivity contribution is 6.38. The van der Waals surface area contributed by atoms with E-state index in [2.05, 4.69) is 150 Å². The lowest BCUT2D eigenvalue weighted by Gasteiger charge is -2.19. The van der Waals surface area contributed by atoms with Gasteiger partial charge in [-0.05, 0) is 75.4 Å². The van der Waals surface area contributed by atoms with Crippen LogP contribution in [0.25, 0.3) is 76.2 Å². The molecule has 44 heavy (non-hydrogen) atoms. The SMILES string of the molecule is CC(C)(C)c1ccc2c(c1)c1cccc3c4c5c6cc(C(C)(C)C)ccc6n6c7ccc(C(C)(C)C)cc7c(cc4n2c13)c56. The minimum atomic E-state index is 0.0687. The summed E-state index contributed by atoms with van der Waals surface area (Å²) in [6, 6.07) is 31.0. The van der Waals surface area contributed by atoms with E-state index in [1.807, 2.05) is 0 Å². The Hall–Kier alpha value is -4.30. The van der Waals surface area contributed by atoms with Gasteiger partial charge in [0.1, 0.15) is 0 Å². The third-order valence-corrected chi connectivity index (χ3v) is 10.4. The first-order valence-corrected chi connectivity index (χ1v) is 16.1. The summed E-state index contributed by atoms with van der Waals surface area (Å²) in [5.41, 5.74) is 12.3. The molecule has 9 rings (SSSR count). The van der Waals surface area contributed by atoms with Crippen molar-refractivity contribution in [1.29, 1.82) is 0 Å². The van der Waals surface area contributed by atoms with Gasteiger partial charge in [0.05, 0.1) is 33.1 Å². The van der Waals surface area contributed by atoms with Crippen LogP contribution in [0.5, 0.6) is 0 Å². The summed E-state index contributed by atoms with van der Waals surface area (Å²) < 4.78 is 5.12. The second-order valence-corrected chi connectivity index (χ2v) is 16.4. The Labute approximate surface area is 258 Å². The van der Waals surface area contributed by atoms with E-state index in [1.165, 1.54) is 92.9 Å². The molecule has 0 radical (unpaired) electrons. The predicted octanol–water partition coefficient (Wildman–Crippen LogP) is 11.9. The van der Waals surface area contributed by atoms with Crippen molar-refractivity contribution in [1.82, 2.24) is 8.80 Å². The van der Waals surface area contributed by atoms with Gasteiger partial charge in [0, 0.05) is 43.1 Å². The molecule has 5 aromatic carbocycles. The molecule has 0 fully saturated rings. The smallest absolute Gasteiger partial charge is 0.0628 e. The van der Waals surface area contributed by atoms with Crippen molar-refractivity contribution in [2.45, 2.75) is 78.6 Å². The fourth-order valence-electron chi connectivity index (χ4n) is 7.98. The number of rotatable bonds is 0. The molecule has 2 heteroatoms. The molecule has 0 aliphatic rings. The molecule has 0 spiro atoms. The van der Waals surface area contributed by atoms with Gasteiger partial charge in [0.25, 0.3) is 0 Å². The van der Waals surface area contributed by atoms with Gasteiger partial charge in [-0.2, -0.15) is 0 Å². The van der Waals surface area contributed by atoms with Gasteiger partial charge in [-0.25, -0.2) is 0 Å². The number of hydrogen-bond acceptors (Lipinski definition) is 0. The summed E-state index contributed by atoms with van der Waals surface area (Å²) >= 11 is 0. The zero-order valence-electron chi connectivity index (χ0n) is 27.4. The quantitative estimate of drug-likeness (QED) is 0.171. The van der Waals surface area contributed by atoms with Gasteiger partial charge in [-0.1, -0.05) is 98.7 Å². The summed E-state index contributed by atoms with van der Waals surface area (Å²) in [6.07, 6.45) is 0. The van der Waals surface area contributed by atoms with Gasteiger partial charge >= 0.3 is 0 Å². The van der Waals surface area contributed by atoms with Crippen molar-refractivity contribution in [3.63, 3.8) is 0 Å². The summed E-state index contributed by atoms with van der Waals surface area (Å²) in [7, 11) is 0. The maximum atomic E-state index is 2.57. The van der Waals surface area contributed by atoms with Crippen LogP contribution in [0, 0.1) is 0 Å². The lowest BCUT2D eigenvalue weighted by Crippen LogP contribution is -2.10. The van der Waals surface area contributed by atoms with Crippen LogP contribution in [0.3, 0.4) is 0 Å². The Balaban J connectivity index is 1.57. The molecule has 9 aromatic rings. The minimum absolute atomic E-state index is 0.0687. The van der Waals surface area contributed by atoms with Crippen molar-refractivity contribution >= 4 is 76.2 Å². The molecular weight excluding hydrogens is 532 g/mol. The Morgan fingerprint density at radius 2 is 0.818 bits per heavy atom. The summed E-state index contributed by atoms with van der Waals surface area (Å²) in [6.45, 7) is 20.8. The van der Waals surface area contributed by atoms with E-state index in [4.69, 9.17) is 0 Å². The number of hydrogen-bond donors (Lipinski definition) is 0. The molecule has 218 valence electrons. The molecule has 0 bridgehead atoms. The van der Waals surface area contributed by atoms with Crippen LogP contribution in [-0.2, 0) is 16.2 Å². The van der Waals surface area contributed by atoms with Crippen LogP contribution in [-0.4, -0.2) is 8.80 Å². The van der Waals surface area contributed by atoms with E-state index in [9.17, 15) is 0 Å². The summed E-state index contributed by atoms with van der Waals surface area (Å²) in [5, 5.41) is 10.9. The molecule has 0 amide bonds. The van der Waals surface area contributed by atoms with Crippen molar-refractivity contribution in [2.24, 2.45) is 0 Å². The molecule has 0 aliphatic heterocycles. The van der Waals surface area contributed by atoms with E-state index in [-0.39, 0.29) is 16.2 Å². The van der Waals surface area contributed by atoms with Crippen molar-refractivity contribution in [2.75, 3.05) is 0 Å². The van der Waals surface area contributed by atoms with Crippen LogP contribution in [0.4, 0.5) is 0 Å². The standard InChI is InChI=1S/C42H40N2/c1-40(2,3)23-13-16-32-28(19-23)26-11-10-12-27-36-35(44(32)38(26)27)22-30-29-20-24(41(4,5)6)14-17-33(29)43-34-18-15-25(42(7,8)9)21-31(34)37(36)39(30)43/h10-22H,1-9H3. The Morgan fingerprint density at radius 1 is 0.364 bits per heavy atom. The van der Waals surface area contributed by atoms with Gasteiger partial charge < -0.3 is 8.80 Å². The second-order valence-electron chi connectivity index (χ2n) is 16.4. The number of nitrogens with zero attached hydrogens (tertiary/aromatic N) is 2. The number of aromatic nitrogens is 2. The molecule has 0 N–H and O–H groups in total. The van der Waals surface area contributed by atoms with Crippen molar-refractivity contribution in [3.8, 4) is 0 Å². The fraction of sp³-hybridized carbons (Fsp3) is 0.286. The van der Waals surface area contributed by atoms with Crippen molar-refractivity contribution in [3.05, 3.63) is 95.6 Å². The fourth-order valence-corrected chi connectivity index (χ4v) is 7.98. The van der Waals surface area contributed by atoms with E-state index in [0.29, 0.717) is 0 Å². The second kappa shape index (κ2) is 7.85. The first-order valence-electron chi connectivity index (χ1n) is 16.1. The lowest BCUT2D eigenvalue weighted by molar-refractivity contribution is 0.591. The third kappa shape index (κ3) is 3.16. The third-order valence-electron chi connectivity index (χ3n) is 10.4. The van der Waals surface area contributed by atoms with Gasteiger partial charge in [0.15, 0.2) is 0 Å². The van der Waals surface area contributed by atoms with Gasteiger partial charge in [-0.15, -0.1) is 0 Å².